The summed E-state index contributed by atoms with van der Waals surface area (Å²) in [6.45, 7) is 6.76. The van der Waals surface area contributed by atoms with Gasteiger partial charge in [0.25, 0.3) is 5.56 Å². The van der Waals surface area contributed by atoms with Gasteiger partial charge >= 0.3 is 0 Å². The number of hydrogen-bond donors (Lipinski definition) is 0. The summed E-state index contributed by atoms with van der Waals surface area (Å²) in [5, 5.41) is 0. The molecule has 0 unspecified atom stereocenters. The first-order valence-corrected chi connectivity index (χ1v) is 9.12. The van der Waals surface area contributed by atoms with Crippen molar-refractivity contribution in [1.82, 2.24) is 14.5 Å². The fourth-order valence-corrected chi connectivity index (χ4v) is 3.13. The van der Waals surface area contributed by atoms with Crippen LogP contribution in [0.5, 0.6) is 0 Å². The summed E-state index contributed by atoms with van der Waals surface area (Å²) in [6, 6.07) is 15.9. The highest BCUT2D eigenvalue weighted by atomic mass is 16.1. The molecule has 3 rings (SSSR count). The van der Waals surface area contributed by atoms with Gasteiger partial charge in [-0.1, -0.05) is 50.2 Å². The molecule has 0 saturated heterocycles. The van der Waals surface area contributed by atoms with E-state index >= 15 is 0 Å². The van der Waals surface area contributed by atoms with Crippen molar-refractivity contribution in [3.8, 4) is 11.5 Å². The molecule has 2 aromatic heterocycles. The number of aryl methyl sites for hydroxylation is 2. The van der Waals surface area contributed by atoms with Crippen LogP contribution in [0.25, 0.3) is 11.5 Å². The van der Waals surface area contributed by atoms with Crippen molar-refractivity contribution < 1.29 is 0 Å². The molecule has 4 heteroatoms. The highest BCUT2D eigenvalue weighted by molar-refractivity contribution is 5.50. The number of rotatable bonds is 6. The molecule has 3 aromatic rings. The van der Waals surface area contributed by atoms with Crippen molar-refractivity contribution in [3.05, 3.63) is 81.9 Å². The summed E-state index contributed by atoms with van der Waals surface area (Å²) in [5.74, 6) is 1.06. The summed E-state index contributed by atoms with van der Waals surface area (Å²) < 4.78 is 1.79. The van der Waals surface area contributed by atoms with Crippen LogP contribution in [0.2, 0.25) is 0 Å². The Morgan fingerprint density at radius 2 is 1.77 bits per heavy atom. The third-order valence-corrected chi connectivity index (χ3v) is 4.44. The van der Waals surface area contributed by atoms with Crippen molar-refractivity contribution in [2.45, 2.75) is 40.2 Å². The van der Waals surface area contributed by atoms with Crippen LogP contribution in [0.15, 0.2) is 59.5 Å². The van der Waals surface area contributed by atoms with Gasteiger partial charge in [0.2, 0.25) is 0 Å². The maximum absolute atomic E-state index is 13.2. The standard InChI is InChI=1S/C22H25N3O/c1-16(2)15-19-17(3)24-21(20-11-7-8-13-23-20)25(22(19)26)14-12-18-9-5-4-6-10-18/h4-11,13,16H,12,14-15H2,1-3H3. The molecule has 0 aliphatic rings. The molecule has 0 bridgehead atoms. The molecule has 0 aliphatic heterocycles. The molecule has 4 nitrogen and oxygen atoms in total. The van der Waals surface area contributed by atoms with Gasteiger partial charge in [0.1, 0.15) is 5.69 Å². The molecule has 0 atom stereocenters. The Kier molecular flexibility index (Phi) is 5.61. The quantitative estimate of drug-likeness (QED) is 0.676. The van der Waals surface area contributed by atoms with Crippen LogP contribution in [0.3, 0.4) is 0 Å². The first-order chi connectivity index (χ1) is 12.6. The van der Waals surface area contributed by atoms with E-state index in [0.29, 0.717) is 18.3 Å². The van der Waals surface area contributed by atoms with Crippen LogP contribution >= 0.6 is 0 Å². The number of nitrogens with zero attached hydrogens (tertiary/aromatic N) is 3. The summed E-state index contributed by atoms with van der Waals surface area (Å²) in [5.41, 5.74) is 3.62. The summed E-state index contributed by atoms with van der Waals surface area (Å²) in [4.78, 5) is 22.4. The maximum atomic E-state index is 13.2. The highest BCUT2D eigenvalue weighted by Gasteiger charge is 2.17. The molecular weight excluding hydrogens is 322 g/mol. The molecule has 134 valence electrons. The van der Waals surface area contributed by atoms with Crippen LogP contribution in [0.1, 0.15) is 30.7 Å². The lowest BCUT2D eigenvalue weighted by atomic mass is 10.0. The van der Waals surface area contributed by atoms with E-state index in [0.717, 1.165) is 29.8 Å². The smallest absolute Gasteiger partial charge is 0.257 e. The molecular formula is C22H25N3O. The Morgan fingerprint density at radius 3 is 2.42 bits per heavy atom. The van der Waals surface area contributed by atoms with Gasteiger partial charge in [0, 0.05) is 24.0 Å². The van der Waals surface area contributed by atoms with Gasteiger partial charge in [-0.25, -0.2) is 4.98 Å². The molecule has 0 fully saturated rings. The van der Waals surface area contributed by atoms with E-state index < -0.39 is 0 Å². The minimum atomic E-state index is 0.0581. The van der Waals surface area contributed by atoms with Crippen LogP contribution < -0.4 is 5.56 Å². The number of benzene rings is 1. The van der Waals surface area contributed by atoms with Crippen LogP contribution in [0.4, 0.5) is 0 Å². The zero-order valence-electron chi connectivity index (χ0n) is 15.6. The lowest BCUT2D eigenvalue weighted by molar-refractivity contribution is 0.605. The van der Waals surface area contributed by atoms with Crippen LogP contribution in [-0.2, 0) is 19.4 Å². The first-order valence-electron chi connectivity index (χ1n) is 9.12. The Labute approximate surface area is 154 Å². The van der Waals surface area contributed by atoms with Crippen molar-refractivity contribution in [3.63, 3.8) is 0 Å². The minimum Gasteiger partial charge on any atom is -0.291 e. The largest absolute Gasteiger partial charge is 0.291 e. The summed E-state index contributed by atoms with van der Waals surface area (Å²) in [7, 11) is 0. The zero-order chi connectivity index (χ0) is 18.5. The van der Waals surface area contributed by atoms with Crippen LogP contribution in [-0.4, -0.2) is 14.5 Å². The van der Waals surface area contributed by atoms with Crippen molar-refractivity contribution >= 4 is 0 Å². The van der Waals surface area contributed by atoms with Gasteiger partial charge < -0.3 is 0 Å². The van der Waals surface area contributed by atoms with E-state index in [4.69, 9.17) is 4.98 Å². The highest BCUT2D eigenvalue weighted by Crippen LogP contribution is 2.17. The monoisotopic (exact) mass is 347 g/mol. The lowest BCUT2D eigenvalue weighted by Gasteiger charge is -2.16. The summed E-state index contributed by atoms with van der Waals surface area (Å²) in [6.07, 6.45) is 3.26. The summed E-state index contributed by atoms with van der Waals surface area (Å²) >= 11 is 0. The molecule has 26 heavy (non-hydrogen) atoms. The molecule has 0 aliphatic carbocycles. The molecule has 0 amide bonds. The van der Waals surface area contributed by atoms with E-state index in [1.807, 2.05) is 43.3 Å². The second-order valence-electron chi connectivity index (χ2n) is 7.00. The van der Waals surface area contributed by atoms with Gasteiger partial charge in [-0.05, 0) is 43.4 Å². The van der Waals surface area contributed by atoms with Gasteiger partial charge in [-0.2, -0.15) is 0 Å². The van der Waals surface area contributed by atoms with Crippen LogP contribution in [0, 0.1) is 12.8 Å². The topological polar surface area (TPSA) is 47.8 Å². The van der Waals surface area contributed by atoms with E-state index in [9.17, 15) is 4.79 Å². The Bertz CT molecular complexity index is 915. The molecule has 0 radical (unpaired) electrons. The predicted octanol–water partition coefficient (Wildman–Crippen LogP) is 4.05. The second kappa shape index (κ2) is 8.09. The second-order valence-corrected chi connectivity index (χ2v) is 7.00. The van der Waals surface area contributed by atoms with E-state index in [2.05, 4.69) is 31.0 Å². The van der Waals surface area contributed by atoms with Crippen molar-refractivity contribution in [2.75, 3.05) is 0 Å². The van der Waals surface area contributed by atoms with Gasteiger partial charge in [0.15, 0.2) is 5.82 Å². The fraction of sp³-hybridized carbons (Fsp3) is 0.318. The normalized spacial score (nSPS) is 11.1. The van der Waals surface area contributed by atoms with E-state index in [1.165, 1.54) is 5.56 Å². The molecule has 1 aromatic carbocycles. The Morgan fingerprint density at radius 1 is 1.04 bits per heavy atom. The zero-order valence-corrected chi connectivity index (χ0v) is 15.6. The van der Waals surface area contributed by atoms with Gasteiger partial charge in [-0.3, -0.25) is 14.3 Å². The third kappa shape index (κ3) is 4.07. The molecule has 0 N–H and O–H groups in total. The SMILES string of the molecule is Cc1nc(-c2ccccn2)n(CCc2ccccc2)c(=O)c1CC(C)C. The Hall–Kier alpha value is -2.75. The lowest BCUT2D eigenvalue weighted by Crippen LogP contribution is -2.29. The number of hydrogen-bond acceptors (Lipinski definition) is 3. The fourth-order valence-electron chi connectivity index (χ4n) is 3.13. The van der Waals surface area contributed by atoms with E-state index in [-0.39, 0.29) is 5.56 Å². The molecule has 0 spiro atoms. The Balaban J connectivity index is 2.06. The third-order valence-electron chi connectivity index (χ3n) is 4.44. The number of aromatic nitrogens is 3. The van der Waals surface area contributed by atoms with Crippen molar-refractivity contribution in [1.29, 1.82) is 0 Å². The molecule has 0 saturated carbocycles. The van der Waals surface area contributed by atoms with Gasteiger partial charge in [0.05, 0.1) is 0 Å². The average molecular weight is 347 g/mol. The van der Waals surface area contributed by atoms with E-state index in [1.54, 1.807) is 10.8 Å². The minimum absolute atomic E-state index is 0.0581. The average Bonchev–Trinajstić information content (AvgIpc) is 2.65. The van der Waals surface area contributed by atoms with Gasteiger partial charge in [-0.15, -0.1) is 0 Å². The van der Waals surface area contributed by atoms with Crippen molar-refractivity contribution in [2.24, 2.45) is 5.92 Å². The maximum Gasteiger partial charge on any atom is 0.257 e. The number of pyridine rings is 1. The first kappa shape index (κ1) is 18.1. The molecule has 2 heterocycles. The predicted molar refractivity (Wildman–Crippen MR) is 105 cm³/mol.